The molecule has 0 spiro atoms. The Morgan fingerprint density at radius 1 is 1.00 bits per heavy atom. The van der Waals surface area contributed by atoms with E-state index in [2.05, 4.69) is 11.4 Å². The zero-order chi connectivity index (χ0) is 22.4. The zero-order valence-corrected chi connectivity index (χ0v) is 17.9. The molecule has 1 N–H and O–H groups in total. The number of hydrogen-bond donors (Lipinski definition) is 1. The number of nitrogens with one attached hydrogen (secondary N) is 1. The molecule has 0 bridgehead atoms. The van der Waals surface area contributed by atoms with Crippen molar-refractivity contribution in [2.24, 2.45) is 0 Å². The highest BCUT2D eigenvalue weighted by Gasteiger charge is 2.33. The summed E-state index contributed by atoms with van der Waals surface area (Å²) >= 11 is 0. The summed E-state index contributed by atoms with van der Waals surface area (Å²) < 4.78 is 5.19. The van der Waals surface area contributed by atoms with Crippen molar-refractivity contribution in [1.82, 2.24) is 5.32 Å². The van der Waals surface area contributed by atoms with E-state index in [1.165, 1.54) is 6.07 Å². The first-order chi connectivity index (χ1) is 14.8. The van der Waals surface area contributed by atoms with Gasteiger partial charge in [0.1, 0.15) is 5.54 Å². The largest absolute Gasteiger partial charge is 0.452 e. The number of nitrogens with zero attached hydrogens (tertiary/aromatic N) is 1. The quantitative estimate of drug-likeness (QED) is 0.564. The molecule has 2 aromatic carbocycles. The van der Waals surface area contributed by atoms with E-state index in [9.17, 15) is 19.6 Å². The summed E-state index contributed by atoms with van der Waals surface area (Å²) in [5.41, 5.74) is 1.72. The third kappa shape index (κ3) is 5.18. The highest BCUT2D eigenvalue weighted by molar-refractivity contribution is 6.15. The zero-order valence-electron chi connectivity index (χ0n) is 17.9. The van der Waals surface area contributed by atoms with Crippen molar-refractivity contribution in [3.63, 3.8) is 0 Å². The van der Waals surface area contributed by atoms with E-state index in [0.717, 1.165) is 30.4 Å². The van der Waals surface area contributed by atoms with Crippen LogP contribution in [0.1, 0.15) is 69.5 Å². The van der Waals surface area contributed by atoms with Gasteiger partial charge in [-0.3, -0.25) is 9.59 Å². The van der Waals surface area contributed by atoms with E-state index in [4.69, 9.17) is 4.74 Å². The second-order valence-corrected chi connectivity index (χ2v) is 8.07. The molecule has 1 saturated carbocycles. The Bertz CT molecular complexity index is 1050. The van der Waals surface area contributed by atoms with Gasteiger partial charge in [-0.05, 0) is 44.4 Å². The molecule has 1 fully saturated rings. The summed E-state index contributed by atoms with van der Waals surface area (Å²) in [5, 5.41) is 12.2. The maximum Gasteiger partial charge on any atom is 0.339 e. The Morgan fingerprint density at radius 2 is 1.68 bits per heavy atom. The van der Waals surface area contributed by atoms with Crippen molar-refractivity contribution < 1.29 is 19.1 Å². The smallest absolute Gasteiger partial charge is 0.339 e. The molecular weight excluding hydrogens is 392 g/mol. The van der Waals surface area contributed by atoms with Crippen molar-refractivity contribution in [3.05, 3.63) is 70.3 Å². The molecule has 6 heteroatoms. The molecule has 1 aliphatic rings. The average Bonchev–Trinajstić information content (AvgIpc) is 2.79. The van der Waals surface area contributed by atoms with Crippen LogP contribution in [0.4, 0.5) is 0 Å². The molecule has 31 heavy (non-hydrogen) atoms. The van der Waals surface area contributed by atoms with Crippen molar-refractivity contribution in [1.29, 1.82) is 5.26 Å². The molecule has 6 nitrogen and oxygen atoms in total. The van der Waals surface area contributed by atoms with E-state index < -0.39 is 24.0 Å². The van der Waals surface area contributed by atoms with Gasteiger partial charge >= 0.3 is 5.97 Å². The summed E-state index contributed by atoms with van der Waals surface area (Å²) in [6.07, 6.45) is 3.98. The van der Waals surface area contributed by atoms with Gasteiger partial charge in [0, 0.05) is 11.1 Å². The third-order valence-corrected chi connectivity index (χ3v) is 5.66. The Hall–Kier alpha value is -3.46. The van der Waals surface area contributed by atoms with Crippen molar-refractivity contribution in [2.75, 3.05) is 6.61 Å². The van der Waals surface area contributed by atoms with Crippen LogP contribution in [0, 0.1) is 25.2 Å². The van der Waals surface area contributed by atoms with Crippen LogP contribution in [0.3, 0.4) is 0 Å². The number of ketones is 1. The molecule has 1 aliphatic carbocycles. The van der Waals surface area contributed by atoms with Gasteiger partial charge in [-0.15, -0.1) is 0 Å². The molecule has 160 valence electrons. The lowest BCUT2D eigenvalue weighted by atomic mass is 9.83. The number of amides is 1. The normalized spacial score (nSPS) is 14.9. The number of benzene rings is 2. The fourth-order valence-electron chi connectivity index (χ4n) is 3.92. The van der Waals surface area contributed by atoms with E-state index in [1.54, 1.807) is 24.3 Å². The Balaban J connectivity index is 1.72. The number of nitriles is 1. The monoisotopic (exact) mass is 418 g/mol. The van der Waals surface area contributed by atoms with Gasteiger partial charge in [0.05, 0.1) is 11.6 Å². The molecule has 0 aliphatic heterocycles. The molecule has 3 rings (SSSR count). The predicted molar refractivity (Wildman–Crippen MR) is 116 cm³/mol. The maximum absolute atomic E-state index is 13.1. The summed E-state index contributed by atoms with van der Waals surface area (Å²) in [4.78, 5) is 38.1. The van der Waals surface area contributed by atoms with Crippen molar-refractivity contribution in [3.8, 4) is 6.07 Å². The number of carbonyl (C=O) groups is 3. The van der Waals surface area contributed by atoms with Crippen LogP contribution in [-0.4, -0.2) is 29.8 Å². The number of rotatable bonds is 6. The number of ether oxygens (including phenoxy) is 1. The van der Waals surface area contributed by atoms with Gasteiger partial charge < -0.3 is 10.1 Å². The molecule has 0 radical (unpaired) electrons. The van der Waals surface area contributed by atoms with Crippen LogP contribution >= 0.6 is 0 Å². The van der Waals surface area contributed by atoms with Crippen LogP contribution in [0.25, 0.3) is 0 Å². The third-order valence-electron chi connectivity index (χ3n) is 5.66. The van der Waals surface area contributed by atoms with Gasteiger partial charge in [-0.2, -0.15) is 5.26 Å². The maximum atomic E-state index is 13.1. The summed E-state index contributed by atoms with van der Waals surface area (Å²) in [6, 6.07) is 14.2. The summed E-state index contributed by atoms with van der Waals surface area (Å²) in [7, 11) is 0. The van der Waals surface area contributed by atoms with Gasteiger partial charge in [0.15, 0.2) is 12.4 Å². The molecule has 0 unspecified atom stereocenters. The highest BCUT2D eigenvalue weighted by Crippen LogP contribution is 2.27. The first-order valence-electron chi connectivity index (χ1n) is 10.5. The molecule has 0 atom stereocenters. The Morgan fingerprint density at radius 3 is 2.35 bits per heavy atom. The van der Waals surface area contributed by atoms with Crippen LogP contribution in [0.2, 0.25) is 0 Å². The summed E-state index contributed by atoms with van der Waals surface area (Å²) in [5.74, 6) is -1.54. The van der Waals surface area contributed by atoms with Crippen LogP contribution < -0.4 is 5.32 Å². The number of esters is 1. The number of carbonyl (C=O) groups excluding carboxylic acids is 3. The van der Waals surface area contributed by atoms with Gasteiger partial charge in [0.25, 0.3) is 5.91 Å². The second-order valence-electron chi connectivity index (χ2n) is 8.07. The minimum atomic E-state index is -0.891. The fraction of sp³-hybridized carbons (Fsp3) is 0.360. The average molecular weight is 418 g/mol. The summed E-state index contributed by atoms with van der Waals surface area (Å²) in [6.45, 7) is 3.23. The second kappa shape index (κ2) is 9.57. The minimum Gasteiger partial charge on any atom is -0.452 e. The standard InChI is InChI=1S/C25H26N2O4/c1-17-10-11-18(2)21(14-17)23(29)19-8-4-5-9-20(19)24(30)31-15-22(28)27-25(16-26)12-6-3-7-13-25/h4-5,8-11,14H,3,6-7,12-13,15H2,1-2H3,(H,27,28). The highest BCUT2D eigenvalue weighted by atomic mass is 16.5. The van der Waals surface area contributed by atoms with E-state index in [0.29, 0.717) is 18.4 Å². The van der Waals surface area contributed by atoms with E-state index in [1.807, 2.05) is 26.0 Å². The van der Waals surface area contributed by atoms with Gasteiger partial charge in [0.2, 0.25) is 0 Å². The van der Waals surface area contributed by atoms with Crippen LogP contribution in [0.15, 0.2) is 42.5 Å². The Kier molecular flexibility index (Phi) is 6.86. The minimum absolute atomic E-state index is 0.105. The predicted octanol–water partition coefficient (Wildman–Crippen LogP) is 4.03. The van der Waals surface area contributed by atoms with Crippen molar-refractivity contribution >= 4 is 17.7 Å². The van der Waals surface area contributed by atoms with Crippen LogP contribution in [0.5, 0.6) is 0 Å². The number of aryl methyl sites for hydroxylation is 2. The van der Waals surface area contributed by atoms with Crippen molar-refractivity contribution in [2.45, 2.75) is 51.5 Å². The first kappa shape index (κ1) is 22.2. The lowest BCUT2D eigenvalue weighted by Crippen LogP contribution is -2.50. The molecule has 2 aromatic rings. The lowest BCUT2D eigenvalue weighted by molar-refractivity contribution is -0.125. The molecule has 0 aromatic heterocycles. The van der Waals surface area contributed by atoms with Gasteiger partial charge in [-0.25, -0.2) is 4.79 Å². The van der Waals surface area contributed by atoms with E-state index in [-0.39, 0.29) is 16.9 Å². The number of hydrogen-bond acceptors (Lipinski definition) is 5. The molecular formula is C25H26N2O4. The topological polar surface area (TPSA) is 96.3 Å². The Labute approximate surface area is 182 Å². The molecule has 0 saturated heterocycles. The van der Waals surface area contributed by atoms with Gasteiger partial charge in [-0.1, -0.05) is 55.2 Å². The SMILES string of the molecule is Cc1ccc(C)c(C(=O)c2ccccc2C(=O)OCC(=O)NC2(C#N)CCCCC2)c1. The van der Waals surface area contributed by atoms with Crippen LogP contribution in [-0.2, 0) is 9.53 Å². The molecule has 0 heterocycles. The van der Waals surface area contributed by atoms with E-state index >= 15 is 0 Å². The first-order valence-corrected chi connectivity index (χ1v) is 10.5. The fourth-order valence-corrected chi connectivity index (χ4v) is 3.92. The molecule has 1 amide bonds. The lowest BCUT2D eigenvalue weighted by Gasteiger charge is -2.31.